The van der Waals surface area contributed by atoms with Gasteiger partial charge in [0.1, 0.15) is 11.8 Å². The van der Waals surface area contributed by atoms with Crippen LogP contribution in [-0.2, 0) is 16.0 Å². The van der Waals surface area contributed by atoms with E-state index in [1.165, 1.54) is 56.7 Å². The van der Waals surface area contributed by atoms with Gasteiger partial charge in [-0.2, -0.15) is 0 Å². The van der Waals surface area contributed by atoms with E-state index in [0.29, 0.717) is 0 Å². The van der Waals surface area contributed by atoms with Gasteiger partial charge in [-0.05, 0) is 24.3 Å². The summed E-state index contributed by atoms with van der Waals surface area (Å²) >= 11 is 0. The Morgan fingerprint density at radius 2 is 1.83 bits per heavy atom. The molecule has 0 aromatic heterocycles. The molecule has 0 aliphatic heterocycles. The van der Waals surface area contributed by atoms with E-state index in [0.717, 1.165) is 0 Å². The molecule has 0 aliphatic rings. The maximum atomic E-state index is 12.5. The van der Waals surface area contributed by atoms with Crippen LogP contribution in [0.25, 0.3) is 0 Å². The van der Waals surface area contributed by atoms with Gasteiger partial charge in [0.2, 0.25) is 0 Å². The number of nitro groups is 1. The Balaban J connectivity index is 2.26. The summed E-state index contributed by atoms with van der Waals surface area (Å²) in [7, 11) is 2.54. The first-order chi connectivity index (χ1) is 13.8. The van der Waals surface area contributed by atoms with E-state index in [2.05, 4.69) is 10.1 Å². The van der Waals surface area contributed by atoms with E-state index in [4.69, 9.17) is 4.74 Å². The van der Waals surface area contributed by atoms with Crippen LogP contribution in [0.15, 0.2) is 42.5 Å². The number of benzene rings is 2. The van der Waals surface area contributed by atoms with Gasteiger partial charge in [0.05, 0.1) is 24.7 Å². The van der Waals surface area contributed by atoms with Gasteiger partial charge in [0, 0.05) is 29.7 Å². The number of rotatable bonds is 8. The van der Waals surface area contributed by atoms with Crippen LogP contribution in [0.1, 0.15) is 26.3 Å². The van der Waals surface area contributed by atoms with Crippen LogP contribution in [0.2, 0.25) is 0 Å². The molecule has 152 valence electrons. The lowest BCUT2D eigenvalue weighted by Gasteiger charge is -2.16. The van der Waals surface area contributed by atoms with Gasteiger partial charge in [0.15, 0.2) is 0 Å². The fraction of sp³-hybridized carbons (Fsp3) is 0.211. The summed E-state index contributed by atoms with van der Waals surface area (Å²) in [6.07, 6.45) is -0.247. The van der Waals surface area contributed by atoms with Gasteiger partial charge in [0.25, 0.3) is 11.6 Å². The maximum absolute atomic E-state index is 12.5. The zero-order chi connectivity index (χ0) is 21.6. The molecule has 10 heteroatoms. The molecular weight excluding hydrogens is 384 g/mol. The van der Waals surface area contributed by atoms with Crippen LogP contribution in [0, 0.1) is 10.1 Å². The first kappa shape index (κ1) is 21.4. The van der Waals surface area contributed by atoms with Crippen molar-refractivity contribution in [3.8, 4) is 5.75 Å². The van der Waals surface area contributed by atoms with Gasteiger partial charge >= 0.3 is 11.9 Å². The van der Waals surface area contributed by atoms with Crippen molar-refractivity contribution in [2.45, 2.75) is 12.5 Å². The minimum absolute atomic E-state index is 0.0603. The smallest absolute Gasteiger partial charge is 0.337 e. The highest BCUT2D eigenvalue weighted by molar-refractivity contribution is 5.99. The molecule has 0 fully saturated rings. The van der Waals surface area contributed by atoms with Crippen molar-refractivity contribution in [2.24, 2.45) is 0 Å². The second-order valence-corrected chi connectivity index (χ2v) is 5.89. The van der Waals surface area contributed by atoms with E-state index in [-0.39, 0.29) is 34.5 Å². The Morgan fingerprint density at radius 3 is 2.41 bits per heavy atom. The Morgan fingerprint density at radius 1 is 1.14 bits per heavy atom. The third-order valence-electron chi connectivity index (χ3n) is 4.05. The molecule has 29 heavy (non-hydrogen) atoms. The monoisotopic (exact) mass is 402 g/mol. The highest BCUT2D eigenvalue weighted by Crippen LogP contribution is 2.25. The average molecular weight is 402 g/mol. The first-order valence-corrected chi connectivity index (χ1v) is 8.30. The number of nitrogens with one attached hydrogen (secondary N) is 1. The van der Waals surface area contributed by atoms with Crippen molar-refractivity contribution in [2.75, 3.05) is 14.2 Å². The Labute approximate surface area is 165 Å². The van der Waals surface area contributed by atoms with E-state index in [9.17, 15) is 29.6 Å². The van der Waals surface area contributed by atoms with Crippen LogP contribution >= 0.6 is 0 Å². The van der Waals surface area contributed by atoms with Crippen molar-refractivity contribution in [1.29, 1.82) is 0 Å². The van der Waals surface area contributed by atoms with Crippen LogP contribution < -0.4 is 10.1 Å². The number of hydrogen-bond acceptors (Lipinski definition) is 7. The topological polar surface area (TPSA) is 145 Å². The molecule has 2 rings (SSSR count). The highest BCUT2D eigenvalue weighted by atomic mass is 16.6. The average Bonchev–Trinajstić information content (AvgIpc) is 2.72. The van der Waals surface area contributed by atoms with Crippen molar-refractivity contribution in [1.82, 2.24) is 5.32 Å². The number of nitro benzene ring substituents is 1. The van der Waals surface area contributed by atoms with E-state index >= 15 is 0 Å². The lowest BCUT2D eigenvalue weighted by atomic mass is 10.0. The maximum Gasteiger partial charge on any atom is 0.337 e. The SMILES string of the molecule is COC(=O)c1cccc(C(=O)N[C@H](Cc2cc([N+](=O)[O-])ccc2OC)C(=O)O)c1. The van der Waals surface area contributed by atoms with Crippen molar-refractivity contribution >= 4 is 23.5 Å². The number of carbonyl (C=O) groups excluding carboxylic acids is 2. The molecule has 0 radical (unpaired) electrons. The first-order valence-electron chi connectivity index (χ1n) is 8.30. The summed E-state index contributed by atoms with van der Waals surface area (Å²) in [5.74, 6) is -2.46. The second-order valence-electron chi connectivity index (χ2n) is 5.89. The quantitative estimate of drug-likeness (QED) is 0.386. The summed E-state index contributed by atoms with van der Waals surface area (Å²) in [5, 5.41) is 22.8. The molecule has 0 bridgehead atoms. The van der Waals surface area contributed by atoms with Crippen LogP contribution in [0.5, 0.6) is 5.75 Å². The number of amides is 1. The Kier molecular flexibility index (Phi) is 6.85. The predicted octanol–water partition coefficient (Wildman–Crippen LogP) is 1.82. The number of carbonyl (C=O) groups is 3. The normalized spacial score (nSPS) is 11.2. The minimum Gasteiger partial charge on any atom is -0.496 e. The number of esters is 1. The molecule has 0 unspecified atom stereocenters. The molecule has 2 N–H and O–H groups in total. The van der Waals surface area contributed by atoms with Gasteiger partial charge in [-0.15, -0.1) is 0 Å². The van der Waals surface area contributed by atoms with Crippen molar-refractivity contribution < 1.29 is 33.9 Å². The molecule has 0 saturated heterocycles. The fourth-order valence-corrected chi connectivity index (χ4v) is 2.60. The van der Waals surface area contributed by atoms with E-state index in [1.54, 1.807) is 0 Å². The number of nitrogens with zero attached hydrogens (tertiary/aromatic N) is 1. The molecular formula is C19H18N2O8. The van der Waals surface area contributed by atoms with E-state index < -0.39 is 28.8 Å². The predicted molar refractivity (Wildman–Crippen MR) is 100 cm³/mol. The highest BCUT2D eigenvalue weighted by Gasteiger charge is 2.24. The number of hydrogen-bond donors (Lipinski definition) is 2. The molecule has 0 heterocycles. The lowest BCUT2D eigenvalue weighted by molar-refractivity contribution is -0.384. The summed E-state index contributed by atoms with van der Waals surface area (Å²) < 4.78 is 9.72. The molecule has 1 atom stereocenters. The third-order valence-corrected chi connectivity index (χ3v) is 4.05. The van der Waals surface area contributed by atoms with Crippen LogP contribution in [0.3, 0.4) is 0 Å². The van der Waals surface area contributed by atoms with Gasteiger partial charge in [-0.25, -0.2) is 9.59 Å². The standard InChI is InChI=1S/C19H18N2O8/c1-28-16-7-6-14(21(26)27)9-13(16)10-15(18(23)24)20-17(22)11-4-3-5-12(8-11)19(25)29-2/h3-9,15H,10H2,1-2H3,(H,20,22)(H,23,24)/t15-/m1/s1. The number of ether oxygens (including phenoxy) is 2. The minimum atomic E-state index is -1.39. The van der Waals surface area contributed by atoms with E-state index in [1.807, 2.05) is 0 Å². The second kappa shape index (κ2) is 9.31. The summed E-state index contributed by atoms with van der Waals surface area (Å²) in [4.78, 5) is 46.1. The molecule has 1 amide bonds. The number of aliphatic carboxylic acids is 1. The fourth-order valence-electron chi connectivity index (χ4n) is 2.60. The van der Waals surface area contributed by atoms with Crippen molar-refractivity contribution in [3.05, 3.63) is 69.3 Å². The largest absolute Gasteiger partial charge is 0.496 e. The Hall–Kier alpha value is -3.95. The number of methoxy groups -OCH3 is 2. The van der Waals surface area contributed by atoms with Gasteiger partial charge in [-0.1, -0.05) is 6.07 Å². The molecule has 0 saturated carbocycles. The van der Waals surface area contributed by atoms with Gasteiger partial charge in [-0.3, -0.25) is 14.9 Å². The molecule has 2 aromatic rings. The molecule has 10 nitrogen and oxygen atoms in total. The van der Waals surface area contributed by atoms with Gasteiger partial charge < -0.3 is 19.9 Å². The Bertz CT molecular complexity index is 957. The van der Waals surface area contributed by atoms with Crippen LogP contribution in [0.4, 0.5) is 5.69 Å². The van der Waals surface area contributed by atoms with Crippen molar-refractivity contribution in [3.63, 3.8) is 0 Å². The zero-order valence-electron chi connectivity index (χ0n) is 15.6. The summed E-state index contributed by atoms with van der Waals surface area (Å²) in [6, 6.07) is 7.98. The lowest BCUT2D eigenvalue weighted by Crippen LogP contribution is -2.42. The molecule has 0 spiro atoms. The number of carboxylic acids is 1. The molecule has 0 aliphatic carbocycles. The molecule has 2 aromatic carbocycles. The number of non-ortho nitro benzene ring substituents is 1. The van der Waals surface area contributed by atoms with Crippen LogP contribution in [-0.4, -0.2) is 48.1 Å². The number of carboxylic acid groups (broad SMARTS) is 1. The summed E-state index contributed by atoms with van der Waals surface area (Å²) in [5.41, 5.74) is 0.206. The third kappa shape index (κ3) is 5.28. The summed E-state index contributed by atoms with van der Waals surface area (Å²) in [6.45, 7) is 0. The zero-order valence-corrected chi connectivity index (χ0v) is 15.6.